The van der Waals surface area contributed by atoms with Crippen molar-refractivity contribution in [2.75, 3.05) is 0 Å². The van der Waals surface area contributed by atoms with E-state index in [9.17, 15) is 0 Å². The number of hydrogen-bond donors (Lipinski definition) is 0. The molecule has 3 heteroatoms. The van der Waals surface area contributed by atoms with Crippen LogP contribution in [0.25, 0.3) is 11.1 Å². The van der Waals surface area contributed by atoms with E-state index >= 15 is 0 Å². The third-order valence-electron chi connectivity index (χ3n) is 3.92. The molecule has 2 aromatic rings. The summed E-state index contributed by atoms with van der Waals surface area (Å²) in [5, 5.41) is 0. The number of halogens is 2. The molecule has 0 saturated heterocycles. The smallest absolute Gasteiger partial charge is 1.00 e. The molecule has 0 aliphatic heterocycles. The average molecular weight is 532 g/mol. The van der Waals surface area contributed by atoms with Gasteiger partial charge in [-0.3, -0.25) is 0 Å². The summed E-state index contributed by atoms with van der Waals surface area (Å²) in [5.74, 6) is 0. The molecule has 0 atom stereocenters. The van der Waals surface area contributed by atoms with E-state index in [4.69, 9.17) is 0 Å². The van der Waals surface area contributed by atoms with E-state index in [1.54, 1.807) is 13.3 Å². The van der Waals surface area contributed by atoms with Crippen molar-refractivity contribution in [3.8, 4) is 11.1 Å². The Bertz CT molecular complexity index is 717. The summed E-state index contributed by atoms with van der Waals surface area (Å²) in [5.41, 5.74) is 6.01. The standard InChI is InChI=1S/C13H9.C5H5.2HI.Ti/c1-3-7-12-10(5-1)9-11-6-2-4-8-13(11)12;1-2-4-5-3-1;;;/h1-5,7-8H,9H2;1-3H,4H2;2*1H;/q;;;;+2/p-2. The van der Waals surface area contributed by atoms with Gasteiger partial charge in [-0.05, 0) is 0 Å². The molecule has 0 aromatic heterocycles. The van der Waals surface area contributed by atoms with Crippen LogP contribution in [0.1, 0.15) is 17.5 Å². The van der Waals surface area contributed by atoms with Gasteiger partial charge in [0.2, 0.25) is 0 Å². The van der Waals surface area contributed by atoms with Crippen molar-refractivity contribution in [2.45, 2.75) is 12.8 Å². The van der Waals surface area contributed by atoms with Crippen molar-refractivity contribution in [3.05, 3.63) is 75.7 Å². The van der Waals surface area contributed by atoms with Gasteiger partial charge in [-0.15, -0.1) is 0 Å². The van der Waals surface area contributed by atoms with Gasteiger partial charge in [0.25, 0.3) is 0 Å². The first-order valence-corrected chi connectivity index (χ1v) is 8.31. The molecule has 2 aliphatic carbocycles. The molecule has 4 rings (SSSR count). The molecule has 0 fully saturated rings. The molecule has 0 spiro atoms. The fourth-order valence-electron chi connectivity index (χ4n) is 2.99. The maximum Gasteiger partial charge on any atom is -1.00 e. The van der Waals surface area contributed by atoms with E-state index in [0.29, 0.717) is 0 Å². The van der Waals surface area contributed by atoms with Crippen molar-refractivity contribution in [3.63, 3.8) is 0 Å². The topological polar surface area (TPSA) is 0 Å². The monoisotopic (exact) mass is 532 g/mol. The zero-order valence-corrected chi connectivity index (χ0v) is 17.3. The van der Waals surface area contributed by atoms with E-state index in [0.717, 1.165) is 6.42 Å². The van der Waals surface area contributed by atoms with E-state index in [2.05, 4.69) is 60.7 Å². The van der Waals surface area contributed by atoms with Crippen molar-refractivity contribution in [1.82, 2.24) is 0 Å². The molecule has 0 bridgehead atoms. The predicted octanol–water partition coefficient (Wildman–Crippen LogP) is -2.18. The van der Waals surface area contributed by atoms with E-state index < -0.39 is 0 Å². The minimum atomic E-state index is -0.135. The van der Waals surface area contributed by atoms with Gasteiger partial charge in [0, 0.05) is 0 Å². The van der Waals surface area contributed by atoms with Gasteiger partial charge in [-0.25, -0.2) is 0 Å². The van der Waals surface area contributed by atoms with Gasteiger partial charge >= 0.3 is 123 Å². The second-order valence-corrected chi connectivity index (χ2v) is 7.35. The first-order chi connectivity index (χ1) is 9.42. The third-order valence-corrected chi connectivity index (χ3v) is 6.15. The first-order valence-electron chi connectivity index (χ1n) is 6.75. The van der Waals surface area contributed by atoms with E-state index in [1.165, 1.54) is 23.1 Å². The van der Waals surface area contributed by atoms with Crippen LogP contribution >= 0.6 is 0 Å². The van der Waals surface area contributed by atoms with Crippen molar-refractivity contribution < 1.29 is 67.1 Å². The van der Waals surface area contributed by atoms with Crippen LogP contribution in [0.3, 0.4) is 0 Å². The molecule has 0 nitrogen and oxygen atoms in total. The van der Waals surface area contributed by atoms with Gasteiger partial charge in [-0.1, -0.05) is 0 Å². The summed E-state index contributed by atoms with van der Waals surface area (Å²) >= 11 is -0.135. The molecule has 2 aliphatic rings. The molecule has 0 heterocycles. The van der Waals surface area contributed by atoms with Crippen LogP contribution in [0.4, 0.5) is 0 Å². The number of rotatable bonds is 2. The fraction of sp³-hybridized carbons (Fsp3) is 0.111. The Hall–Kier alpha value is 0.0943. The molecule has 2 aromatic carbocycles. The Labute approximate surface area is 169 Å². The summed E-state index contributed by atoms with van der Waals surface area (Å²) in [6, 6.07) is 15.7. The minimum Gasteiger partial charge on any atom is -1.00 e. The Morgan fingerprint density at radius 1 is 0.857 bits per heavy atom. The van der Waals surface area contributed by atoms with Crippen molar-refractivity contribution >= 4 is 3.87 Å². The minimum absolute atomic E-state index is 0. The van der Waals surface area contributed by atoms with Gasteiger partial charge in [0.1, 0.15) is 0 Å². The molecular formula is C18H14I2Ti. The zero-order chi connectivity index (χ0) is 12.7. The Morgan fingerprint density at radius 2 is 1.67 bits per heavy atom. The maximum absolute atomic E-state index is 2.35. The van der Waals surface area contributed by atoms with Gasteiger partial charge < -0.3 is 48.0 Å². The number of fused-ring (bicyclic) bond motifs is 3. The summed E-state index contributed by atoms with van der Waals surface area (Å²) in [6.07, 6.45) is 9.11. The Kier molecular flexibility index (Phi) is 6.30. The zero-order valence-electron chi connectivity index (χ0n) is 11.4. The van der Waals surface area contributed by atoms with Crippen LogP contribution in [0.5, 0.6) is 0 Å². The fourth-order valence-corrected chi connectivity index (χ4v) is 5.02. The Morgan fingerprint density at radius 3 is 2.48 bits per heavy atom. The molecule has 0 saturated carbocycles. The van der Waals surface area contributed by atoms with Crippen LogP contribution in [-0.4, -0.2) is 0 Å². The summed E-state index contributed by atoms with van der Waals surface area (Å²) in [7, 11) is 0. The summed E-state index contributed by atoms with van der Waals surface area (Å²) in [6.45, 7) is 0. The molecule has 0 radical (unpaired) electrons. The van der Waals surface area contributed by atoms with Crippen molar-refractivity contribution in [2.24, 2.45) is 0 Å². The molecule has 0 unspecified atom stereocenters. The van der Waals surface area contributed by atoms with Crippen molar-refractivity contribution in [1.29, 1.82) is 0 Å². The normalized spacial score (nSPS) is 13.4. The number of allylic oxidation sites excluding steroid dienone is 4. The van der Waals surface area contributed by atoms with Crippen LogP contribution in [-0.2, 0) is 25.6 Å². The quantitative estimate of drug-likeness (QED) is 0.261. The van der Waals surface area contributed by atoms with Crippen LogP contribution < -0.4 is 51.8 Å². The Balaban J connectivity index is 0.000000807. The molecule has 0 N–H and O–H groups in total. The number of hydrogen-bond acceptors (Lipinski definition) is 0. The second kappa shape index (κ2) is 7.58. The van der Waals surface area contributed by atoms with Crippen LogP contribution in [0.15, 0.2) is 64.6 Å². The first kappa shape index (κ1) is 17.4. The average Bonchev–Trinajstić information content (AvgIpc) is 3.06. The van der Waals surface area contributed by atoms with Crippen LogP contribution in [0.2, 0.25) is 0 Å². The SMILES string of the molecule is C1=CC[C]([Ti+2][c]2cccc3c2Cc2ccccc2-3)=C1.[I-].[I-]. The summed E-state index contributed by atoms with van der Waals surface area (Å²) < 4.78 is 3.29. The van der Waals surface area contributed by atoms with Gasteiger partial charge in [0.05, 0.1) is 0 Å². The third kappa shape index (κ3) is 3.38. The number of benzene rings is 2. The molecule has 21 heavy (non-hydrogen) atoms. The van der Waals surface area contributed by atoms with E-state index in [-0.39, 0.29) is 67.1 Å². The van der Waals surface area contributed by atoms with E-state index in [1.807, 2.05) is 0 Å². The maximum atomic E-state index is 2.35. The second-order valence-electron chi connectivity index (χ2n) is 5.11. The summed E-state index contributed by atoms with van der Waals surface area (Å²) in [4.78, 5) is 0. The molecule has 104 valence electrons. The van der Waals surface area contributed by atoms with Gasteiger partial charge in [0.15, 0.2) is 0 Å². The predicted molar refractivity (Wildman–Crippen MR) is 76.2 cm³/mol. The molecule has 0 amide bonds. The van der Waals surface area contributed by atoms with Crippen LogP contribution in [0, 0.1) is 0 Å². The largest absolute Gasteiger partial charge is 1.00 e. The van der Waals surface area contributed by atoms with Gasteiger partial charge in [-0.2, -0.15) is 0 Å². The molecular weight excluding hydrogens is 518 g/mol.